The van der Waals surface area contributed by atoms with Crippen molar-refractivity contribution in [2.75, 3.05) is 13.6 Å². The molecule has 0 unspecified atom stereocenters. The second-order valence-corrected chi connectivity index (χ2v) is 7.53. The van der Waals surface area contributed by atoms with Crippen LogP contribution in [0.25, 0.3) is 0 Å². The summed E-state index contributed by atoms with van der Waals surface area (Å²) < 4.78 is 0.802. The lowest BCUT2D eigenvalue weighted by molar-refractivity contribution is -0.395. The van der Waals surface area contributed by atoms with Gasteiger partial charge < -0.3 is 9.47 Å². The van der Waals surface area contributed by atoms with Crippen LogP contribution in [0.5, 0.6) is 0 Å². The molecule has 2 aromatic rings. The van der Waals surface area contributed by atoms with Crippen LogP contribution < -0.4 is 5.56 Å². The van der Waals surface area contributed by atoms with Crippen LogP contribution in [-0.2, 0) is 19.0 Å². The van der Waals surface area contributed by atoms with E-state index in [-0.39, 0.29) is 11.1 Å². The Balaban J connectivity index is 0.000000216. The number of pyridine rings is 2. The molecule has 3 rings (SSSR count). The Morgan fingerprint density at radius 2 is 1.60 bits per heavy atom. The fourth-order valence-corrected chi connectivity index (χ4v) is 3.33. The van der Waals surface area contributed by atoms with Gasteiger partial charge in [-0.3, -0.25) is 40.1 Å². The lowest BCUT2D eigenvalue weighted by Crippen LogP contribution is -2.40. The number of hydrogen-bond donors (Lipinski definition) is 0. The molecular weight excluding hydrogens is 400 g/mol. The Kier molecular flexibility index (Phi) is 6.26. The SMILES string of the molecule is CN1Cc2cc([N+](=O)[O-])cnc2C(C)(C)C1.Cn1cc([N+](=O)[O-])cc([N+](=O)[O-])c1=O. The van der Waals surface area contributed by atoms with Crippen molar-refractivity contribution < 1.29 is 14.8 Å². The molecule has 0 N–H and O–H groups in total. The average molecular weight is 420 g/mol. The van der Waals surface area contributed by atoms with Crippen molar-refractivity contribution in [3.05, 3.63) is 76.5 Å². The Morgan fingerprint density at radius 3 is 2.13 bits per heavy atom. The van der Waals surface area contributed by atoms with Crippen LogP contribution in [0.3, 0.4) is 0 Å². The summed E-state index contributed by atoms with van der Waals surface area (Å²) in [5, 5.41) is 31.3. The summed E-state index contributed by atoms with van der Waals surface area (Å²) in [6.45, 7) is 5.87. The molecule has 1 aliphatic rings. The number of aromatic nitrogens is 2. The third-order valence-electron chi connectivity index (χ3n) is 4.47. The summed E-state index contributed by atoms with van der Waals surface area (Å²) in [6.07, 6.45) is 2.28. The monoisotopic (exact) mass is 420 g/mol. The summed E-state index contributed by atoms with van der Waals surface area (Å²) in [5.41, 5.74) is -0.188. The zero-order valence-corrected chi connectivity index (χ0v) is 16.8. The molecule has 0 fully saturated rings. The normalized spacial score (nSPS) is 14.8. The molecule has 13 nitrogen and oxygen atoms in total. The molecule has 0 atom stereocenters. The number of hydrogen-bond acceptors (Lipinski definition) is 9. The van der Waals surface area contributed by atoms with E-state index in [1.807, 2.05) is 7.05 Å². The summed E-state index contributed by atoms with van der Waals surface area (Å²) in [5.74, 6) is 0. The molecule has 0 radical (unpaired) electrons. The van der Waals surface area contributed by atoms with Crippen molar-refractivity contribution in [2.24, 2.45) is 7.05 Å². The summed E-state index contributed by atoms with van der Waals surface area (Å²) in [7, 11) is 3.23. The van der Waals surface area contributed by atoms with E-state index in [4.69, 9.17) is 0 Å². The van der Waals surface area contributed by atoms with Crippen LogP contribution in [-0.4, -0.2) is 42.8 Å². The van der Waals surface area contributed by atoms with Gasteiger partial charge >= 0.3 is 11.2 Å². The van der Waals surface area contributed by atoms with Crippen molar-refractivity contribution in [2.45, 2.75) is 25.8 Å². The second kappa shape index (κ2) is 8.32. The first-order valence-corrected chi connectivity index (χ1v) is 8.65. The van der Waals surface area contributed by atoms with Gasteiger partial charge in [0.05, 0.1) is 26.7 Å². The first kappa shape index (κ1) is 22.5. The quantitative estimate of drug-likeness (QED) is 0.532. The van der Waals surface area contributed by atoms with E-state index in [9.17, 15) is 35.1 Å². The number of likely N-dealkylation sites (N-methyl/N-ethyl adjacent to an activating group) is 1. The Labute approximate surface area is 170 Å². The molecule has 1 aliphatic heterocycles. The summed E-state index contributed by atoms with van der Waals surface area (Å²) in [6, 6.07) is 2.28. The Bertz CT molecular complexity index is 1080. The van der Waals surface area contributed by atoms with Gasteiger partial charge in [-0.15, -0.1) is 0 Å². The lowest BCUT2D eigenvalue weighted by atomic mass is 9.82. The van der Waals surface area contributed by atoms with Crippen molar-refractivity contribution in [1.82, 2.24) is 14.5 Å². The summed E-state index contributed by atoms with van der Waals surface area (Å²) in [4.78, 5) is 46.7. The minimum Gasteiger partial charge on any atom is -0.306 e. The predicted molar refractivity (Wildman–Crippen MR) is 105 cm³/mol. The van der Waals surface area contributed by atoms with Crippen LogP contribution in [0, 0.1) is 30.3 Å². The van der Waals surface area contributed by atoms with Crippen LogP contribution in [0.1, 0.15) is 25.1 Å². The maximum atomic E-state index is 11.1. The number of rotatable bonds is 3. The van der Waals surface area contributed by atoms with Crippen molar-refractivity contribution in [1.29, 1.82) is 0 Å². The van der Waals surface area contributed by atoms with Gasteiger partial charge in [0, 0.05) is 31.6 Å². The fourth-order valence-electron chi connectivity index (χ4n) is 3.33. The van der Waals surface area contributed by atoms with Crippen LogP contribution in [0.2, 0.25) is 0 Å². The Morgan fingerprint density at radius 1 is 1.00 bits per heavy atom. The minimum atomic E-state index is -0.949. The molecule has 0 aromatic carbocycles. The zero-order valence-electron chi connectivity index (χ0n) is 16.8. The standard InChI is InChI=1S/C11H15N3O2.C6H5N3O5/c1-11(2)7-13(3)6-8-4-9(14(15)16)5-12-10(8)11;1-7-3-4(8(11)12)2-5(6(7)10)9(13)14/h4-5H,6-7H2,1-3H3;2-3H,1H3. The van der Waals surface area contributed by atoms with E-state index in [1.54, 1.807) is 6.07 Å². The van der Waals surface area contributed by atoms with E-state index in [0.29, 0.717) is 6.07 Å². The molecule has 2 aromatic heterocycles. The fraction of sp³-hybridized carbons (Fsp3) is 0.412. The van der Waals surface area contributed by atoms with Crippen molar-refractivity contribution in [3.8, 4) is 0 Å². The first-order chi connectivity index (χ1) is 13.8. The number of nitrogens with zero attached hydrogens (tertiary/aromatic N) is 6. The molecule has 0 aliphatic carbocycles. The highest BCUT2D eigenvalue weighted by atomic mass is 16.6. The molecule has 0 saturated carbocycles. The second-order valence-electron chi connectivity index (χ2n) is 7.53. The van der Waals surface area contributed by atoms with Gasteiger partial charge in [-0.05, 0) is 12.6 Å². The molecule has 0 amide bonds. The van der Waals surface area contributed by atoms with Gasteiger partial charge in [0.2, 0.25) is 0 Å². The predicted octanol–water partition coefficient (Wildman–Crippen LogP) is 1.91. The van der Waals surface area contributed by atoms with Gasteiger partial charge in [-0.25, -0.2) is 0 Å². The molecule has 30 heavy (non-hydrogen) atoms. The first-order valence-electron chi connectivity index (χ1n) is 8.65. The van der Waals surface area contributed by atoms with E-state index in [1.165, 1.54) is 13.2 Å². The summed E-state index contributed by atoms with van der Waals surface area (Å²) >= 11 is 0. The molecule has 160 valence electrons. The highest BCUT2D eigenvalue weighted by Gasteiger charge is 2.32. The topological polar surface area (TPSA) is 168 Å². The molecule has 0 spiro atoms. The van der Waals surface area contributed by atoms with E-state index in [2.05, 4.69) is 23.7 Å². The third kappa shape index (κ3) is 4.81. The maximum Gasteiger partial charge on any atom is 0.340 e. The third-order valence-corrected chi connectivity index (χ3v) is 4.47. The molecular formula is C17H20N6O7. The maximum absolute atomic E-state index is 11.1. The van der Waals surface area contributed by atoms with Crippen LogP contribution in [0.15, 0.2) is 29.3 Å². The van der Waals surface area contributed by atoms with E-state index < -0.39 is 31.7 Å². The average Bonchev–Trinajstić information content (AvgIpc) is 2.62. The smallest absolute Gasteiger partial charge is 0.306 e. The van der Waals surface area contributed by atoms with Gasteiger partial charge in [-0.2, -0.15) is 0 Å². The highest BCUT2D eigenvalue weighted by molar-refractivity contribution is 5.39. The zero-order chi connectivity index (χ0) is 22.8. The molecule has 3 heterocycles. The minimum absolute atomic E-state index is 0.0442. The lowest BCUT2D eigenvalue weighted by Gasteiger charge is -2.36. The van der Waals surface area contributed by atoms with Gasteiger partial charge in [0.25, 0.3) is 11.4 Å². The number of nitro groups is 3. The molecule has 0 saturated heterocycles. The van der Waals surface area contributed by atoms with E-state index in [0.717, 1.165) is 35.1 Å². The number of fused-ring (bicyclic) bond motifs is 1. The van der Waals surface area contributed by atoms with Crippen LogP contribution >= 0.6 is 0 Å². The largest absolute Gasteiger partial charge is 0.340 e. The molecule has 0 bridgehead atoms. The van der Waals surface area contributed by atoms with Crippen molar-refractivity contribution in [3.63, 3.8) is 0 Å². The van der Waals surface area contributed by atoms with Gasteiger partial charge in [-0.1, -0.05) is 13.8 Å². The van der Waals surface area contributed by atoms with Crippen LogP contribution in [0.4, 0.5) is 17.1 Å². The van der Waals surface area contributed by atoms with Crippen molar-refractivity contribution >= 4 is 17.1 Å². The van der Waals surface area contributed by atoms with E-state index >= 15 is 0 Å². The van der Waals surface area contributed by atoms with Gasteiger partial charge in [0.15, 0.2) is 0 Å². The van der Waals surface area contributed by atoms with Gasteiger partial charge in [0.1, 0.15) is 12.3 Å². The number of aryl methyl sites for hydroxylation is 1. The Hall–Kier alpha value is -3.74. The highest BCUT2D eigenvalue weighted by Crippen LogP contribution is 2.32. The molecule has 13 heteroatoms.